The van der Waals surface area contributed by atoms with Gasteiger partial charge in [-0.2, -0.15) is 0 Å². The average molecular weight is 446 g/mol. The molecule has 0 saturated heterocycles. The first-order valence-electron chi connectivity index (χ1n) is 9.14. The lowest BCUT2D eigenvalue weighted by atomic mass is 10.2. The van der Waals surface area contributed by atoms with Gasteiger partial charge in [-0.1, -0.05) is 53.6 Å². The van der Waals surface area contributed by atoms with Gasteiger partial charge in [-0.15, -0.1) is 0 Å². The van der Waals surface area contributed by atoms with Gasteiger partial charge in [0.05, 0.1) is 29.3 Å². The number of amides is 1. The molecule has 0 aliphatic heterocycles. The van der Waals surface area contributed by atoms with E-state index >= 15 is 0 Å². The quantitative estimate of drug-likeness (QED) is 0.550. The van der Waals surface area contributed by atoms with Crippen LogP contribution in [0.2, 0.25) is 5.02 Å². The number of carbonyl (C=O) groups excluding carboxylic acids is 1. The van der Waals surface area contributed by atoms with Crippen LogP contribution in [0.15, 0.2) is 59.9 Å². The van der Waals surface area contributed by atoms with Crippen LogP contribution in [0.5, 0.6) is 5.75 Å². The van der Waals surface area contributed by atoms with E-state index in [1.54, 1.807) is 36.4 Å². The third-order valence-corrected chi connectivity index (χ3v) is 5.87. The predicted octanol–water partition coefficient (Wildman–Crippen LogP) is 4.06. The number of para-hydroxylation sites is 2. The van der Waals surface area contributed by atoms with E-state index in [-0.39, 0.29) is 16.5 Å². The minimum atomic E-state index is -3.87. The first kappa shape index (κ1) is 21.7. The van der Waals surface area contributed by atoms with Crippen molar-refractivity contribution in [1.82, 2.24) is 9.97 Å². The number of nitrogens with zero attached hydrogens (tertiary/aromatic N) is 2. The van der Waals surface area contributed by atoms with Gasteiger partial charge in [-0.25, -0.2) is 18.4 Å². The number of benzene rings is 2. The molecule has 0 atom stereocenters. The van der Waals surface area contributed by atoms with E-state index in [1.165, 1.54) is 0 Å². The summed E-state index contributed by atoms with van der Waals surface area (Å²) in [7, 11) is -3.87. The number of nitrogens with one attached hydrogen (secondary N) is 1. The van der Waals surface area contributed by atoms with Crippen molar-refractivity contribution in [2.75, 3.05) is 11.9 Å². The molecule has 0 aliphatic rings. The first-order valence-corrected chi connectivity index (χ1v) is 11.2. The molecule has 0 unspecified atom stereocenters. The second-order valence-corrected chi connectivity index (χ2v) is 8.77. The molecule has 0 aliphatic carbocycles. The van der Waals surface area contributed by atoms with Crippen LogP contribution in [-0.2, 0) is 15.6 Å². The van der Waals surface area contributed by atoms with Crippen molar-refractivity contribution in [3.8, 4) is 5.75 Å². The summed E-state index contributed by atoms with van der Waals surface area (Å²) in [4.78, 5) is 20.5. The molecule has 1 aromatic heterocycles. The fourth-order valence-corrected chi connectivity index (χ4v) is 4.04. The lowest BCUT2D eigenvalue weighted by Crippen LogP contribution is -2.18. The summed E-state index contributed by atoms with van der Waals surface area (Å²) >= 11 is 6.07. The Morgan fingerprint density at radius 1 is 1.13 bits per heavy atom. The van der Waals surface area contributed by atoms with Crippen LogP contribution < -0.4 is 10.1 Å². The van der Waals surface area contributed by atoms with E-state index in [1.807, 2.05) is 26.0 Å². The summed E-state index contributed by atoms with van der Waals surface area (Å²) in [5, 5.41) is 2.13. The second-order valence-electron chi connectivity index (χ2n) is 6.48. The number of hydrogen-bond acceptors (Lipinski definition) is 6. The van der Waals surface area contributed by atoms with Gasteiger partial charge in [0.15, 0.2) is 5.69 Å². The molecule has 0 fully saturated rings. The molecular formula is C21H20ClN3O4S. The zero-order chi connectivity index (χ0) is 21.7. The Morgan fingerprint density at radius 3 is 2.53 bits per heavy atom. The standard InChI is InChI=1S/C21H20ClN3O4S/c1-3-29-18-7-5-4-6-17(18)24-20(26)19-16(22)12-23-21(25-19)30(27,28)13-15-10-8-14(2)9-11-15/h4-12H,3,13H2,1-2H3,(H,24,26). The van der Waals surface area contributed by atoms with Gasteiger partial charge >= 0.3 is 0 Å². The Labute approximate surface area is 180 Å². The molecule has 1 amide bonds. The highest BCUT2D eigenvalue weighted by Gasteiger charge is 2.23. The van der Waals surface area contributed by atoms with Gasteiger partial charge in [0.1, 0.15) is 5.75 Å². The van der Waals surface area contributed by atoms with Gasteiger partial charge in [0, 0.05) is 0 Å². The van der Waals surface area contributed by atoms with E-state index < -0.39 is 20.9 Å². The van der Waals surface area contributed by atoms with E-state index in [0.29, 0.717) is 23.6 Å². The van der Waals surface area contributed by atoms with Gasteiger partial charge in [-0.05, 0) is 31.5 Å². The van der Waals surface area contributed by atoms with Gasteiger partial charge in [-0.3, -0.25) is 4.79 Å². The second kappa shape index (κ2) is 9.23. The Morgan fingerprint density at radius 2 is 1.83 bits per heavy atom. The highest BCUT2D eigenvalue weighted by molar-refractivity contribution is 7.90. The highest BCUT2D eigenvalue weighted by Crippen LogP contribution is 2.25. The molecule has 0 spiro atoms. The summed E-state index contributed by atoms with van der Waals surface area (Å²) in [5.74, 6) is -0.476. The number of rotatable bonds is 7. The normalized spacial score (nSPS) is 11.2. The van der Waals surface area contributed by atoms with Crippen molar-refractivity contribution < 1.29 is 17.9 Å². The number of sulfone groups is 1. The van der Waals surface area contributed by atoms with Crippen molar-refractivity contribution >= 4 is 33.0 Å². The van der Waals surface area contributed by atoms with Crippen LogP contribution in [0, 0.1) is 6.92 Å². The molecular weight excluding hydrogens is 426 g/mol. The molecule has 3 aromatic rings. The van der Waals surface area contributed by atoms with Crippen LogP contribution in [0.3, 0.4) is 0 Å². The molecule has 0 saturated carbocycles. The number of halogens is 1. The lowest BCUT2D eigenvalue weighted by molar-refractivity contribution is 0.102. The predicted molar refractivity (Wildman–Crippen MR) is 115 cm³/mol. The van der Waals surface area contributed by atoms with Gasteiger partial charge in [0.2, 0.25) is 15.0 Å². The summed E-state index contributed by atoms with van der Waals surface area (Å²) in [6, 6.07) is 14.0. The fourth-order valence-electron chi connectivity index (χ4n) is 2.66. The largest absolute Gasteiger partial charge is 0.492 e. The molecule has 1 N–H and O–H groups in total. The highest BCUT2D eigenvalue weighted by atomic mass is 35.5. The molecule has 2 aromatic carbocycles. The maximum atomic E-state index is 12.8. The van der Waals surface area contributed by atoms with E-state index in [4.69, 9.17) is 16.3 Å². The zero-order valence-electron chi connectivity index (χ0n) is 16.4. The van der Waals surface area contributed by atoms with Crippen molar-refractivity contribution in [1.29, 1.82) is 0 Å². The Kier molecular flexibility index (Phi) is 6.69. The average Bonchev–Trinajstić information content (AvgIpc) is 2.71. The van der Waals surface area contributed by atoms with Crippen molar-refractivity contribution in [2.45, 2.75) is 24.8 Å². The number of aromatic nitrogens is 2. The van der Waals surface area contributed by atoms with Crippen molar-refractivity contribution in [3.63, 3.8) is 0 Å². The van der Waals surface area contributed by atoms with Crippen LogP contribution in [-0.4, -0.2) is 30.9 Å². The van der Waals surface area contributed by atoms with Crippen LogP contribution in [0.1, 0.15) is 28.5 Å². The van der Waals surface area contributed by atoms with Crippen LogP contribution >= 0.6 is 11.6 Å². The molecule has 30 heavy (non-hydrogen) atoms. The molecule has 0 bridgehead atoms. The van der Waals surface area contributed by atoms with Crippen LogP contribution in [0.4, 0.5) is 5.69 Å². The van der Waals surface area contributed by atoms with Crippen molar-refractivity contribution in [3.05, 3.63) is 76.6 Å². The molecule has 1 heterocycles. The first-order chi connectivity index (χ1) is 14.3. The number of ether oxygens (including phenoxy) is 1. The Balaban J connectivity index is 1.87. The van der Waals surface area contributed by atoms with Gasteiger partial charge < -0.3 is 10.1 Å². The molecule has 3 rings (SSSR count). The Bertz CT molecular complexity index is 1170. The third kappa shape index (κ3) is 5.14. The summed E-state index contributed by atoms with van der Waals surface area (Å²) in [6.07, 6.45) is 1.11. The smallest absolute Gasteiger partial charge is 0.276 e. The topological polar surface area (TPSA) is 98.2 Å². The summed E-state index contributed by atoms with van der Waals surface area (Å²) in [5.41, 5.74) is 1.80. The SMILES string of the molecule is CCOc1ccccc1NC(=O)c1nc(S(=O)(=O)Cc2ccc(C)cc2)ncc1Cl. The molecule has 7 nitrogen and oxygen atoms in total. The minimum Gasteiger partial charge on any atom is -0.492 e. The maximum Gasteiger partial charge on any atom is 0.276 e. The van der Waals surface area contributed by atoms with Crippen LogP contribution in [0.25, 0.3) is 0 Å². The third-order valence-electron chi connectivity index (χ3n) is 4.13. The number of aryl methyl sites for hydroxylation is 1. The van der Waals surface area contributed by atoms with E-state index in [2.05, 4.69) is 15.3 Å². The molecule has 9 heteroatoms. The van der Waals surface area contributed by atoms with E-state index in [9.17, 15) is 13.2 Å². The molecule has 0 radical (unpaired) electrons. The molecule has 156 valence electrons. The maximum absolute atomic E-state index is 12.8. The van der Waals surface area contributed by atoms with Gasteiger partial charge in [0.25, 0.3) is 5.91 Å². The fraction of sp³-hybridized carbons (Fsp3) is 0.190. The van der Waals surface area contributed by atoms with Crippen molar-refractivity contribution in [2.24, 2.45) is 0 Å². The number of carbonyl (C=O) groups is 1. The summed E-state index contributed by atoms with van der Waals surface area (Å²) in [6.45, 7) is 4.16. The zero-order valence-corrected chi connectivity index (χ0v) is 18.0. The number of hydrogen-bond donors (Lipinski definition) is 1. The van der Waals surface area contributed by atoms with E-state index in [0.717, 1.165) is 11.8 Å². The Hall–Kier alpha value is -2.97. The monoisotopic (exact) mass is 445 g/mol. The number of anilines is 1. The lowest BCUT2D eigenvalue weighted by Gasteiger charge is -2.12. The summed E-state index contributed by atoms with van der Waals surface area (Å²) < 4.78 is 31.0. The minimum absolute atomic E-state index is 0.0596.